The van der Waals surface area contributed by atoms with Gasteiger partial charge in [0.05, 0.1) is 16.8 Å². The summed E-state index contributed by atoms with van der Waals surface area (Å²) >= 11 is 0. The van der Waals surface area contributed by atoms with E-state index < -0.39 is 4.92 Å². The van der Waals surface area contributed by atoms with Crippen molar-refractivity contribution in [1.29, 1.82) is 0 Å². The fraction of sp³-hybridized carbons (Fsp3) is 0. The molecule has 2 aromatic rings. The van der Waals surface area contributed by atoms with E-state index >= 15 is 0 Å². The lowest BCUT2D eigenvalue weighted by Gasteiger charge is -2.06. The number of aromatic nitrogens is 1. The van der Waals surface area contributed by atoms with E-state index in [9.17, 15) is 10.1 Å². The Hall–Kier alpha value is -4.04. The van der Waals surface area contributed by atoms with Crippen molar-refractivity contribution < 1.29 is 14.8 Å². The molecule has 0 radical (unpaired) electrons. The molecule has 1 aromatic heterocycles. The standard InChI is InChI=1S/C14H14N6O2.CH2O2/c15-14(16)18-17-9-3-5-11-6-4-10-19(11)12-7-1-2-8-13(12)20(21)22;2-1-3/h1-2,4-10,17H,(H4,15,16,18);1H,(H,2,3). The molecule has 10 heteroatoms. The number of carboxylic acid groups (broad SMARTS) is 1. The summed E-state index contributed by atoms with van der Waals surface area (Å²) < 4.78 is 1.69. The highest BCUT2D eigenvalue weighted by atomic mass is 16.6. The number of nitrogens with two attached hydrogens (primary N) is 2. The Balaban J connectivity index is 0.000000970. The van der Waals surface area contributed by atoms with E-state index in [0.29, 0.717) is 5.69 Å². The fourth-order valence-corrected chi connectivity index (χ4v) is 1.82. The summed E-state index contributed by atoms with van der Waals surface area (Å²) in [7, 11) is 0. The molecule has 6 N–H and O–H groups in total. The summed E-state index contributed by atoms with van der Waals surface area (Å²) in [5, 5.41) is 21.5. The first-order chi connectivity index (χ1) is 12.0. The molecule has 0 saturated carbocycles. The van der Waals surface area contributed by atoms with Crippen LogP contribution in [0, 0.1) is 10.1 Å². The number of guanidine groups is 1. The summed E-state index contributed by atoms with van der Waals surface area (Å²) in [6, 6.07) is 10.1. The molecule has 0 fully saturated rings. The van der Waals surface area contributed by atoms with Gasteiger partial charge in [0, 0.05) is 18.3 Å². The van der Waals surface area contributed by atoms with E-state index in [1.807, 2.05) is 0 Å². The molecule has 0 aliphatic rings. The Morgan fingerprint density at radius 1 is 1.32 bits per heavy atom. The second-order valence-electron chi connectivity index (χ2n) is 4.28. The van der Waals surface area contributed by atoms with Gasteiger partial charge in [-0.05, 0) is 18.2 Å². The minimum absolute atomic E-state index is 0.0240. The van der Waals surface area contributed by atoms with Crippen LogP contribution >= 0.6 is 0 Å². The maximum atomic E-state index is 11.1. The summed E-state index contributed by atoms with van der Waals surface area (Å²) in [5.74, 6) is -0.0960. The molecule has 0 aliphatic carbocycles. The second-order valence-corrected chi connectivity index (χ2v) is 4.28. The van der Waals surface area contributed by atoms with Crippen LogP contribution in [0.2, 0.25) is 0 Å². The van der Waals surface area contributed by atoms with Crippen LogP contribution in [0.4, 0.5) is 5.69 Å². The van der Waals surface area contributed by atoms with E-state index in [-0.39, 0.29) is 18.1 Å². The summed E-state index contributed by atoms with van der Waals surface area (Å²) in [4.78, 5) is 19.0. The molecule has 0 amide bonds. The number of benzene rings is 1. The van der Waals surface area contributed by atoms with Gasteiger partial charge < -0.3 is 21.1 Å². The number of hydrogen-bond donors (Lipinski definition) is 4. The highest BCUT2D eigenvalue weighted by Gasteiger charge is 2.14. The van der Waals surface area contributed by atoms with Crippen LogP contribution in [0.15, 0.2) is 59.6 Å². The third kappa shape index (κ3) is 5.93. The lowest BCUT2D eigenvalue weighted by atomic mass is 10.2. The monoisotopic (exact) mass is 344 g/mol. The largest absolute Gasteiger partial charge is 0.483 e. The molecule has 0 bridgehead atoms. The van der Waals surface area contributed by atoms with Crippen LogP contribution in [0.25, 0.3) is 11.8 Å². The third-order valence-corrected chi connectivity index (χ3v) is 2.69. The van der Waals surface area contributed by atoms with Gasteiger partial charge in [0.25, 0.3) is 12.2 Å². The number of rotatable bonds is 5. The van der Waals surface area contributed by atoms with Gasteiger partial charge in [0.15, 0.2) is 0 Å². The van der Waals surface area contributed by atoms with E-state index in [1.165, 1.54) is 12.3 Å². The molecule has 2 rings (SSSR count). The van der Waals surface area contributed by atoms with E-state index in [1.54, 1.807) is 47.2 Å². The zero-order chi connectivity index (χ0) is 18.7. The Morgan fingerprint density at radius 3 is 2.64 bits per heavy atom. The Morgan fingerprint density at radius 2 is 2.00 bits per heavy atom. The Labute approximate surface area is 142 Å². The molecule has 0 atom stereocenters. The van der Waals surface area contributed by atoms with Crippen LogP contribution in [0.1, 0.15) is 5.69 Å². The van der Waals surface area contributed by atoms with Crippen LogP contribution in [-0.4, -0.2) is 27.0 Å². The topological polar surface area (TPSA) is 162 Å². The zero-order valence-electron chi connectivity index (χ0n) is 12.9. The van der Waals surface area contributed by atoms with E-state index in [2.05, 4.69) is 16.3 Å². The minimum Gasteiger partial charge on any atom is -0.483 e. The Bertz CT molecular complexity index is 817. The summed E-state index contributed by atoms with van der Waals surface area (Å²) in [6.45, 7) is -0.250. The Kier molecular flexibility index (Phi) is 7.51. The van der Waals surface area contributed by atoms with Crippen LogP contribution < -0.4 is 16.9 Å². The third-order valence-electron chi connectivity index (χ3n) is 2.69. The number of hydrazone groups is 1. The molecule has 0 aliphatic heterocycles. The molecular formula is C15H16N6O4. The van der Waals surface area contributed by atoms with Crippen molar-refractivity contribution in [3.63, 3.8) is 0 Å². The molecular weight excluding hydrogens is 328 g/mol. The maximum Gasteiger partial charge on any atom is 0.293 e. The number of nitro benzene ring substituents is 1. The molecule has 0 saturated heterocycles. The number of nitrogens with zero attached hydrogens (tertiary/aromatic N) is 3. The molecule has 10 nitrogen and oxygen atoms in total. The van der Waals surface area contributed by atoms with Gasteiger partial charge >= 0.3 is 0 Å². The summed E-state index contributed by atoms with van der Waals surface area (Å²) in [5.41, 5.74) is 16.8. The lowest BCUT2D eigenvalue weighted by Crippen LogP contribution is -2.24. The van der Waals surface area contributed by atoms with Crippen LogP contribution in [-0.2, 0) is 4.79 Å². The SMILES string of the molecule is NC(N)=NNC=C=Cc1cccn1-c1ccccc1[N+](=O)[O-].O=CO. The van der Waals surface area contributed by atoms with Crippen LogP contribution in [0.3, 0.4) is 0 Å². The van der Waals surface area contributed by atoms with Crippen molar-refractivity contribution in [2.24, 2.45) is 16.6 Å². The smallest absolute Gasteiger partial charge is 0.293 e. The van der Waals surface area contributed by atoms with Crippen molar-refractivity contribution in [2.75, 3.05) is 0 Å². The average Bonchev–Trinajstić information content (AvgIpc) is 3.03. The first-order valence-electron chi connectivity index (χ1n) is 6.75. The average molecular weight is 344 g/mol. The second kappa shape index (κ2) is 9.87. The molecule has 25 heavy (non-hydrogen) atoms. The highest BCUT2D eigenvalue weighted by Crippen LogP contribution is 2.24. The van der Waals surface area contributed by atoms with Crippen molar-refractivity contribution in [3.05, 3.63) is 70.3 Å². The number of carbonyl (C=O) groups is 1. The van der Waals surface area contributed by atoms with Crippen molar-refractivity contribution in [2.45, 2.75) is 0 Å². The van der Waals surface area contributed by atoms with Gasteiger partial charge in [-0.25, -0.2) is 0 Å². The number of nitrogens with one attached hydrogen (secondary N) is 1. The van der Waals surface area contributed by atoms with Gasteiger partial charge in [-0.15, -0.1) is 5.10 Å². The van der Waals surface area contributed by atoms with Gasteiger partial charge in [-0.3, -0.25) is 20.3 Å². The van der Waals surface area contributed by atoms with Crippen molar-refractivity contribution in [3.8, 4) is 5.69 Å². The van der Waals surface area contributed by atoms with Crippen LogP contribution in [0.5, 0.6) is 0 Å². The zero-order valence-corrected chi connectivity index (χ0v) is 12.9. The van der Waals surface area contributed by atoms with Crippen molar-refractivity contribution >= 4 is 24.2 Å². The molecule has 130 valence electrons. The summed E-state index contributed by atoms with van der Waals surface area (Å²) in [6.07, 6.45) is 4.79. The lowest BCUT2D eigenvalue weighted by molar-refractivity contribution is -0.384. The van der Waals surface area contributed by atoms with Gasteiger partial charge in [-0.2, -0.15) is 0 Å². The molecule has 0 unspecified atom stereocenters. The van der Waals surface area contributed by atoms with Gasteiger partial charge in [0.1, 0.15) is 5.69 Å². The number of nitro groups is 1. The first kappa shape index (κ1) is 19.0. The van der Waals surface area contributed by atoms with Gasteiger partial charge in [-0.1, -0.05) is 17.9 Å². The van der Waals surface area contributed by atoms with Crippen molar-refractivity contribution in [1.82, 2.24) is 9.99 Å². The predicted octanol–water partition coefficient (Wildman–Crippen LogP) is 0.990. The minimum atomic E-state index is -0.418. The molecule has 1 aromatic carbocycles. The fourth-order valence-electron chi connectivity index (χ4n) is 1.82. The molecule has 1 heterocycles. The number of hydrogen-bond acceptors (Lipinski definition) is 5. The number of para-hydroxylation sites is 2. The quantitative estimate of drug-likeness (QED) is 0.157. The first-order valence-corrected chi connectivity index (χ1v) is 6.75. The van der Waals surface area contributed by atoms with E-state index in [0.717, 1.165) is 5.69 Å². The van der Waals surface area contributed by atoms with Gasteiger partial charge in [0.2, 0.25) is 5.96 Å². The normalized spacial score (nSPS) is 8.80. The molecule has 0 spiro atoms. The predicted molar refractivity (Wildman–Crippen MR) is 92.6 cm³/mol. The van der Waals surface area contributed by atoms with E-state index in [4.69, 9.17) is 21.4 Å². The maximum absolute atomic E-state index is 11.1. The highest BCUT2D eigenvalue weighted by molar-refractivity contribution is 5.75.